The van der Waals surface area contributed by atoms with Gasteiger partial charge in [-0.05, 0) is 5.04 Å². The van der Waals surface area contributed by atoms with Gasteiger partial charge < -0.3 is 23.7 Å². The fourth-order valence-corrected chi connectivity index (χ4v) is 0. The first-order valence-electron chi connectivity index (χ1n) is 3.20. The fourth-order valence-electron chi connectivity index (χ4n) is 0. The maximum Gasteiger partial charge on any atom is 1.00 e. The van der Waals surface area contributed by atoms with Gasteiger partial charge in [0.15, 0.2) is 0 Å². The van der Waals surface area contributed by atoms with E-state index in [0.29, 0.717) is 5.04 Å². The zero-order chi connectivity index (χ0) is 10.1. The Kier molecular flexibility index (Phi) is 42.8. The van der Waals surface area contributed by atoms with Gasteiger partial charge in [-0.15, -0.1) is 0 Å². The smallest absolute Gasteiger partial charge is 0.512 e. The Bertz CT molecular complexity index is 112. The summed E-state index contributed by atoms with van der Waals surface area (Å²) >= 11 is 0. The zero-order valence-corrected chi connectivity index (χ0v) is 14.5. The molecule has 0 fully saturated rings. The van der Waals surface area contributed by atoms with Crippen LogP contribution in [-0.4, -0.2) is 8.80 Å². The summed E-state index contributed by atoms with van der Waals surface area (Å²) in [7, 11) is -0.0502. The molecular weight excluding hydrogens is 247 g/mol. The van der Waals surface area contributed by atoms with Crippen LogP contribution in [0.15, 0.2) is 0 Å². The summed E-state index contributed by atoms with van der Waals surface area (Å²) in [5.74, 6) is 0. The quantitative estimate of drug-likeness (QED) is 0.446. The summed E-state index contributed by atoms with van der Waals surface area (Å²) in [4.78, 5) is 0. The van der Waals surface area contributed by atoms with Gasteiger partial charge in [-0.2, -0.15) is 0 Å². The van der Waals surface area contributed by atoms with Crippen LogP contribution in [0, 0.1) is 23.7 Å². The SMILES string of the molecule is C[Si](C)C(C)(C)C.[C-]#N.[C-]#N.[Fe].[K+]. The topological polar surface area (TPSA) is 47.6 Å². The van der Waals surface area contributed by atoms with E-state index in [-0.39, 0.29) is 77.2 Å². The van der Waals surface area contributed by atoms with Gasteiger partial charge in [-0.1, -0.05) is 33.9 Å². The minimum Gasteiger partial charge on any atom is -0.512 e. The third kappa shape index (κ3) is 31.8. The Morgan fingerprint density at radius 3 is 1.00 bits per heavy atom. The molecule has 0 saturated heterocycles. The number of nitrogens with zero attached hydrogens (tertiary/aromatic N) is 2. The number of hydrogen-bond donors (Lipinski definition) is 0. The van der Waals surface area contributed by atoms with E-state index in [1.807, 2.05) is 0 Å². The van der Waals surface area contributed by atoms with Crippen LogP contribution in [0.3, 0.4) is 0 Å². The predicted octanol–water partition coefficient (Wildman–Crippen LogP) is -0.265. The molecule has 0 aliphatic rings. The predicted molar refractivity (Wildman–Crippen MR) is 47.1 cm³/mol. The standard InChI is InChI=1S/C6H15Si.2CN.Fe.K/c1-6(2,3)7(4)5;2*1-2;;/h1-5H3;;;;/q;2*-1;;+1. The monoisotopic (exact) mass is 262 g/mol. The van der Waals surface area contributed by atoms with E-state index in [4.69, 9.17) is 23.7 Å². The molecule has 0 aromatic carbocycles. The maximum absolute atomic E-state index is 6.25. The minimum atomic E-state index is -0.0502. The van der Waals surface area contributed by atoms with Crippen molar-refractivity contribution in [1.29, 1.82) is 10.5 Å². The molecule has 2 nitrogen and oxygen atoms in total. The number of hydrogen-bond acceptors (Lipinski definition) is 2. The molecule has 0 aromatic rings. The van der Waals surface area contributed by atoms with Crippen LogP contribution in [0.4, 0.5) is 0 Å². The summed E-state index contributed by atoms with van der Waals surface area (Å²) < 4.78 is 0. The van der Waals surface area contributed by atoms with Crippen LogP contribution in [0.25, 0.3) is 0 Å². The number of rotatable bonds is 0. The van der Waals surface area contributed by atoms with Crippen molar-refractivity contribution >= 4 is 8.80 Å². The van der Waals surface area contributed by atoms with Crippen LogP contribution >= 0.6 is 0 Å². The van der Waals surface area contributed by atoms with Crippen molar-refractivity contribution in [3.63, 3.8) is 0 Å². The second-order valence-corrected chi connectivity index (χ2v) is 6.75. The molecule has 0 N–H and O–H groups in total. The molecule has 0 spiro atoms. The fraction of sp³-hybridized carbons (Fsp3) is 0.750. The third-order valence-electron chi connectivity index (χ3n) is 1.50. The Hall–Kier alpha value is 1.35. The summed E-state index contributed by atoms with van der Waals surface area (Å²) in [6, 6.07) is 0. The van der Waals surface area contributed by atoms with Crippen molar-refractivity contribution in [2.24, 2.45) is 0 Å². The molecule has 0 bridgehead atoms. The van der Waals surface area contributed by atoms with E-state index in [1.54, 1.807) is 0 Å². The summed E-state index contributed by atoms with van der Waals surface area (Å²) in [5, 5.41) is 13.1. The van der Waals surface area contributed by atoms with E-state index in [9.17, 15) is 0 Å². The van der Waals surface area contributed by atoms with Crippen molar-refractivity contribution in [3.05, 3.63) is 13.1 Å². The molecule has 0 aromatic heterocycles. The molecular formula is C8H15FeKN2Si-. The average Bonchev–Trinajstić information content (AvgIpc) is 1.95. The molecule has 13 heavy (non-hydrogen) atoms. The molecule has 1 radical (unpaired) electrons. The van der Waals surface area contributed by atoms with Crippen molar-refractivity contribution in [1.82, 2.24) is 0 Å². The van der Waals surface area contributed by atoms with Crippen LogP contribution in [0.1, 0.15) is 20.8 Å². The first-order chi connectivity index (χ1) is 4.94. The van der Waals surface area contributed by atoms with E-state index in [0.717, 1.165) is 0 Å². The van der Waals surface area contributed by atoms with Gasteiger partial charge in [0.2, 0.25) is 0 Å². The van der Waals surface area contributed by atoms with E-state index in [2.05, 4.69) is 33.9 Å². The van der Waals surface area contributed by atoms with Crippen LogP contribution in [0.5, 0.6) is 0 Å². The first kappa shape index (κ1) is 29.3. The van der Waals surface area contributed by atoms with Gasteiger partial charge in [-0.3, -0.25) is 0 Å². The normalized spacial score (nSPS) is 7.23. The average molecular weight is 262 g/mol. The van der Waals surface area contributed by atoms with Gasteiger partial charge in [0.25, 0.3) is 0 Å². The molecule has 71 valence electrons. The molecule has 0 atom stereocenters. The molecule has 5 heteroatoms. The second kappa shape index (κ2) is 19.0. The summed E-state index contributed by atoms with van der Waals surface area (Å²) in [6.45, 7) is 21.1. The molecule has 0 unspecified atom stereocenters. The van der Waals surface area contributed by atoms with Gasteiger partial charge in [0.05, 0.1) is 0 Å². The van der Waals surface area contributed by atoms with Crippen molar-refractivity contribution in [3.8, 4) is 0 Å². The Morgan fingerprint density at radius 2 is 1.00 bits per heavy atom. The maximum atomic E-state index is 6.25. The van der Waals surface area contributed by atoms with Gasteiger partial charge in [0, 0.05) is 25.9 Å². The second-order valence-electron chi connectivity index (χ2n) is 3.25. The van der Waals surface area contributed by atoms with E-state index >= 15 is 0 Å². The van der Waals surface area contributed by atoms with Gasteiger partial charge >= 0.3 is 51.4 Å². The molecule has 0 amide bonds. The Morgan fingerprint density at radius 1 is 0.923 bits per heavy atom. The van der Waals surface area contributed by atoms with Gasteiger partial charge in [-0.25, -0.2) is 0 Å². The molecule has 0 heterocycles. The van der Waals surface area contributed by atoms with Crippen LogP contribution in [-0.2, 0) is 17.1 Å². The first-order valence-corrected chi connectivity index (χ1v) is 5.70. The molecule has 0 aliphatic heterocycles. The zero-order valence-electron chi connectivity index (χ0n) is 9.25. The summed E-state index contributed by atoms with van der Waals surface area (Å²) in [6.07, 6.45) is 0. The Labute approximate surface area is 138 Å². The summed E-state index contributed by atoms with van der Waals surface area (Å²) in [5.41, 5.74) is 0. The van der Waals surface area contributed by atoms with Gasteiger partial charge in [0.1, 0.15) is 0 Å². The van der Waals surface area contributed by atoms with Crippen molar-refractivity contribution in [2.75, 3.05) is 0 Å². The van der Waals surface area contributed by atoms with Crippen molar-refractivity contribution in [2.45, 2.75) is 38.9 Å². The van der Waals surface area contributed by atoms with Crippen LogP contribution < -0.4 is 51.4 Å². The van der Waals surface area contributed by atoms with E-state index in [1.165, 1.54) is 0 Å². The third-order valence-corrected chi connectivity index (χ3v) is 4.50. The molecule has 0 rings (SSSR count). The van der Waals surface area contributed by atoms with Crippen LogP contribution in [0.2, 0.25) is 18.1 Å². The van der Waals surface area contributed by atoms with Crippen molar-refractivity contribution < 1.29 is 68.5 Å². The van der Waals surface area contributed by atoms with E-state index < -0.39 is 0 Å². The minimum absolute atomic E-state index is 0. The molecule has 0 aliphatic carbocycles. The molecule has 0 saturated carbocycles. The largest absolute Gasteiger partial charge is 1.00 e. The Balaban J connectivity index is -0.0000000315.